The summed E-state index contributed by atoms with van der Waals surface area (Å²) in [5.74, 6) is 0. The molecule has 0 bridgehead atoms. The number of nitrogens with two attached hydrogens (primary N) is 1. The monoisotopic (exact) mass is 116 g/mol. The molecule has 1 saturated heterocycles. The van der Waals surface area contributed by atoms with Crippen molar-refractivity contribution in [3.05, 3.63) is 0 Å². The van der Waals surface area contributed by atoms with Gasteiger partial charge < -0.3 is 15.8 Å². The summed E-state index contributed by atoms with van der Waals surface area (Å²) in [5.41, 5.74) is 5.16. The second kappa shape index (κ2) is 2.01. The minimum absolute atomic E-state index is 0.432. The van der Waals surface area contributed by atoms with Gasteiger partial charge in [-0.1, -0.05) is 0 Å². The van der Waals surface area contributed by atoms with Crippen LogP contribution in [0, 0.1) is 0 Å². The Morgan fingerprint density at radius 2 is 2.50 bits per heavy atom. The second-order valence-corrected chi connectivity index (χ2v) is 2.34. The second-order valence-electron chi connectivity index (χ2n) is 2.34. The molecule has 3 N–H and O–H groups in total. The van der Waals surface area contributed by atoms with Crippen molar-refractivity contribution in [1.29, 1.82) is 0 Å². The molecule has 0 saturated carbocycles. The number of hydrogen-bond donors (Lipinski definition) is 2. The van der Waals surface area contributed by atoms with Gasteiger partial charge in [-0.25, -0.2) is 0 Å². The van der Waals surface area contributed by atoms with Gasteiger partial charge in [0.2, 0.25) is 0 Å². The first-order valence-electron chi connectivity index (χ1n) is 2.84. The molecule has 0 amide bonds. The lowest BCUT2D eigenvalue weighted by Crippen LogP contribution is -2.53. The SMILES string of the molecule is CC1(N)CNCCO1. The summed E-state index contributed by atoms with van der Waals surface area (Å²) in [6.07, 6.45) is 0. The van der Waals surface area contributed by atoms with Crippen molar-refractivity contribution in [2.45, 2.75) is 12.6 Å². The molecule has 3 heteroatoms. The van der Waals surface area contributed by atoms with Crippen LogP contribution >= 0.6 is 0 Å². The van der Waals surface area contributed by atoms with Crippen molar-refractivity contribution in [1.82, 2.24) is 5.32 Å². The summed E-state index contributed by atoms with van der Waals surface area (Å²) < 4.78 is 5.18. The molecule has 1 atom stereocenters. The number of ether oxygens (including phenoxy) is 1. The Hall–Kier alpha value is -0.120. The number of hydrogen-bond acceptors (Lipinski definition) is 3. The third-order valence-corrected chi connectivity index (χ3v) is 1.19. The topological polar surface area (TPSA) is 47.3 Å². The lowest BCUT2D eigenvalue weighted by atomic mass is 10.2. The van der Waals surface area contributed by atoms with Crippen LogP contribution in [-0.2, 0) is 4.74 Å². The van der Waals surface area contributed by atoms with E-state index in [2.05, 4.69) is 5.32 Å². The van der Waals surface area contributed by atoms with Crippen LogP contribution in [0.25, 0.3) is 0 Å². The van der Waals surface area contributed by atoms with Crippen LogP contribution in [0.2, 0.25) is 0 Å². The minimum Gasteiger partial charge on any atom is -0.358 e. The summed E-state index contributed by atoms with van der Waals surface area (Å²) in [4.78, 5) is 0. The minimum atomic E-state index is -0.432. The van der Waals surface area contributed by atoms with Gasteiger partial charge in [0.05, 0.1) is 6.61 Å². The zero-order valence-corrected chi connectivity index (χ0v) is 5.11. The Kier molecular flexibility index (Phi) is 1.51. The van der Waals surface area contributed by atoms with Crippen molar-refractivity contribution in [3.8, 4) is 0 Å². The van der Waals surface area contributed by atoms with E-state index in [0.29, 0.717) is 0 Å². The molecule has 1 aliphatic heterocycles. The van der Waals surface area contributed by atoms with E-state index in [0.717, 1.165) is 19.7 Å². The first kappa shape index (κ1) is 6.01. The Balaban J connectivity index is 2.33. The van der Waals surface area contributed by atoms with E-state index in [-0.39, 0.29) is 0 Å². The summed E-state index contributed by atoms with van der Waals surface area (Å²) in [5, 5.41) is 3.12. The van der Waals surface area contributed by atoms with Crippen LogP contribution in [0.5, 0.6) is 0 Å². The van der Waals surface area contributed by atoms with E-state index >= 15 is 0 Å². The maximum absolute atomic E-state index is 5.59. The molecule has 0 aromatic rings. The quantitative estimate of drug-likeness (QED) is 0.439. The molecule has 1 unspecified atom stereocenters. The molecule has 0 aromatic carbocycles. The van der Waals surface area contributed by atoms with Gasteiger partial charge in [0.1, 0.15) is 5.72 Å². The fraction of sp³-hybridized carbons (Fsp3) is 1.00. The largest absolute Gasteiger partial charge is 0.358 e. The fourth-order valence-corrected chi connectivity index (χ4v) is 0.744. The zero-order chi connectivity index (χ0) is 6.04. The zero-order valence-electron chi connectivity index (χ0n) is 5.11. The van der Waals surface area contributed by atoms with Gasteiger partial charge in [0, 0.05) is 13.1 Å². The van der Waals surface area contributed by atoms with E-state index < -0.39 is 5.72 Å². The van der Waals surface area contributed by atoms with Crippen molar-refractivity contribution in [3.63, 3.8) is 0 Å². The van der Waals surface area contributed by atoms with Gasteiger partial charge in [-0.3, -0.25) is 0 Å². The Morgan fingerprint density at radius 1 is 1.75 bits per heavy atom. The molecule has 3 nitrogen and oxygen atoms in total. The van der Waals surface area contributed by atoms with Crippen LogP contribution in [0.1, 0.15) is 6.92 Å². The van der Waals surface area contributed by atoms with Crippen molar-refractivity contribution >= 4 is 0 Å². The molecule has 0 spiro atoms. The molecule has 1 rings (SSSR count). The lowest BCUT2D eigenvalue weighted by Gasteiger charge is -2.29. The average molecular weight is 116 g/mol. The Labute approximate surface area is 49.2 Å². The Morgan fingerprint density at radius 3 is 2.75 bits per heavy atom. The van der Waals surface area contributed by atoms with Gasteiger partial charge >= 0.3 is 0 Å². The van der Waals surface area contributed by atoms with Gasteiger partial charge in [0.25, 0.3) is 0 Å². The average Bonchev–Trinajstić information content (AvgIpc) is 1.65. The van der Waals surface area contributed by atoms with Gasteiger partial charge in [0.15, 0.2) is 0 Å². The van der Waals surface area contributed by atoms with Crippen LogP contribution in [0.15, 0.2) is 0 Å². The van der Waals surface area contributed by atoms with Gasteiger partial charge in [-0.05, 0) is 6.92 Å². The van der Waals surface area contributed by atoms with E-state index in [9.17, 15) is 0 Å². The van der Waals surface area contributed by atoms with Gasteiger partial charge in [-0.2, -0.15) is 0 Å². The van der Waals surface area contributed by atoms with Crippen molar-refractivity contribution in [2.75, 3.05) is 19.7 Å². The summed E-state index contributed by atoms with van der Waals surface area (Å²) in [6, 6.07) is 0. The molecular formula is C5H12N2O. The highest BCUT2D eigenvalue weighted by Gasteiger charge is 2.20. The standard InChI is InChI=1S/C5H12N2O/c1-5(6)4-7-2-3-8-5/h7H,2-4,6H2,1H3. The van der Waals surface area contributed by atoms with E-state index in [1.165, 1.54) is 0 Å². The number of nitrogens with one attached hydrogen (secondary N) is 1. The lowest BCUT2D eigenvalue weighted by molar-refractivity contribution is -0.0476. The van der Waals surface area contributed by atoms with E-state index in [4.69, 9.17) is 10.5 Å². The molecular weight excluding hydrogens is 104 g/mol. The molecule has 48 valence electrons. The molecule has 8 heavy (non-hydrogen) atoms. The first-order valence-corrected chi connectivity index (χ1v) is 2.84. The summed E-state index contributed by atoms with van der Waals surface area (Å²) in [7, 11) is 0. The predicted molar refractivity (Wildman–Crippen MR) is 31.4 cm³/mol. The van der Waals surface area contributed by atoms with Crippen LogP contribution in [0.4, 0.5) is 0 Å². The third-order valence-electron chi connectivity index (χ3n) is 1.19. The summed E-state index contributed by atoms with van der Waals surface area (Å²) in [6.45, 7) is 4.28. The molecule has 0 aliphatic carbocycles. The molecule has 1 heterocycles. The molecule has 1 fully saturated rings. The maximum Gasteiger partial charge on any atom is 0.126 e. The van der Waals surface area contributed by atoms with Gasteiger partial charge in [-0.15, -0.1) is 0 Å². The Bertz CT molecular complexity index is 74.5. The predicted octanol–water partition coefficient (Wildman–Crippen LogP) is -0.719. The highest BCUT2D eigenvalue weighted by atomic mass is 16.5. The third kappa shape index (κ3) is 1.43. The molecule has 1 aliphatic rings. The number of rotatable bonds is 0. The smallest absolute Gasteiger partial charge is 0.126 e. The van der Waals surface area contributed by atoms with Crippen LogP contribution in [0.3, 0.4) is 0 Å². The first-order chi connectivity index (χ1) is 3.71. The van der Waals surface area contributed by atoms with Crippen LogP contribution < -0.4 is 11.1 Å². The van der Waals surface area contributed by atoms with Crippen molar-refractivity contribution in [2.24, 2.45) is 5.73 Å². The van der Waals surface area contributed by atoms with E-state index in [1.807, 2.05) is 6.92 Å². The molecule has 0 aromatic heterocycles. The maximum atomic E-state index is 5.59. The van der Waals surface area contributed by atoms with Crippen LogP contribution in [-0.4, -0.2) is 25.4 Å². The van der Waals surface area contributed by atoms with Crippen molar-refractivity contribution < 1.29 is 4.74 Å². The normalized spacial score (nSPS) is 39.8. The fourth-order valence-electron chi connectivity index (χ4n) is 0.744. The number of morpholine rings is 1. The highest BCUT2D eigenvalue weighted by Crippen LogP contribution is 2.01. The summed E-state index contributed by atoms with van der Waals surface area (Å²) >= 11 is 0. The van der Waals surface area contributed by atoms with E-state index in [1.54, 1.807) is 0 Å². The highest BCUT2D eigenvalue weighted by molar-refractivity contribution is 4.73. The molecule has 0 radical (unpaired) electrons.